The molecule has 7 nitrogen and oxygen atoms in total. The zero-order valence-corrected chi connectivity index (χ0v) is 18.1. The summed E-state index contributed by atoms with van der Waals surface area (Å²) >= 11 is 0. The van der Waals surface area contributed by atoms with E-state index in [-0.39, 0.29) is 6.10 Å². The molecule has 2 aromatic rings. The molecule has 1 N–H and O–H groups in total. The van der Waals surface area contributed by atoms with Crippen LogP contribution in [0.4, 0.5) is 0 Å². The van der Waals surface area contributed by atoms with Crippen LogP contribution in [0, 0.1) is 0 Å². The predicted octanol–water partition coefficient (Wildman–Crippen LogP) is 2.41. The molecule has 1 aliphatic heterocycles. The summed E-state index contributed by atoms with van der Waals surface area (Å²) in [7, 11) is 3.78. The van der Waals surface area contributed by atoms with Crippen LogP contribution in [-0.4, -0.2) is 65.4 Å². The molecule has 3 rings (SSSR count). The van der Waals surface area contributed by atoms with E-state index in [9.17, 15) is 0 Å². The van der Waals surface area contributed by atoms with Gasteiger partial charge in [-0.2, -0.15) is 5.10 Å². The summed E-state index contributed by atoms with van der Waals surface area (Å²) in [6, 6.07) is 8.67. The lowest BCUT2D eigenvalue weighted by Crippen LogP contribution is -2.48. The third kappa shape index (κ3) is 5.58. The van der Waals surface area contributed by atoms with Crippen LogP contribution in [0.1, 0.15) is 36.6 Å². The van der Waals surface area contributed by atoms with E-state index in [2.05, 4.69) is 63.3 Å². The molecule has 0 aliphatic carbocycles. The summed E-state index contributed by atoms with van der Waals surface area (Å²) < 4.78 is 7.79. The first kappa shape index (κ1) is 21.3. The van der Waals surface area contributed by atoms with Gasteiger partial charge in [0.15, 0.2) is 5.96 Å². The fraction of sp³-hybridized carbons (Fsp3) is 0.545. The third-order valence-corrected chi connectivity index (χ3v) is 5.52. The van der Waals surface area contributed by atoms with E-state index in [4.69, 9.17) is 4.74 Å². The molecule has 158 valence electrons. The van der Waals surface area contributed by atoms with Gasteiger partial charge in [0.1, 0.15) is 6.10 Å². The lowest BCUT2D eigenvalue weighted by molar-refractivity contribution is -0.00805. The Hall–Kier alpha value is -2.38. The lowest BCUT2D eigenvalue weighted by Gasteiger charge is -2.35. The molecule has 1 aromatic carbocycles. The number of aryl methyl sites for hydroxylation is 1. The number of morpholine rings is 1. The van der Waals surface area contributed by atoms with Crippen LogP contribution < -0.4 is 5.32 Å². The fourth-order valence-electron chi connectivity index (χ4n) is 3.73. The normalized spacial score (nSPS) is 17.8. The van der Waals surface area contributed by atoms with Crippen molar-refractivity contribution < 1.29 is 4.74 Å². The van der Waals surface area contributed by atoms with Gasteiger partial charge in [0.25, 0.3) is 0 Å². The maximum atomic E-state index is 5.97. The molecule has 1 atom stereocenters. The second-order valence-electron chi connectivity index (χ2n) is 7.38. The average molecular weight is 399 g/mol. The van der Waals surface area contributed by atoms with Crippen molar-refractivity contribution in [2.45, 2.75) is 33.0 Å². The summed E-state index contributed by atoms with van der Waals surface area (Å²) in [4.78, 5) is 9.24. The molecular weight excluding hydrogens is 364 g/mol. The average Bonchev–Trinajstić information content (AvgIpc) is 3.20. The van der Waals surface area contributed by atoms with Gasteiger partial charge in [0.2, 0.25) is 0 Å². The van der Waals surface area contributed by atoms with Crippen LogP contribution in [0.25, 0.3) is 0 Å². The maximum absolute atomic E-state index is 5.97. The van der Waals surface area contributed by atoms with Crippen molar-refractivity contribution in [2.24, 2.45) is 12.0 Å². The van der Waals surface area contributed by atoms with Crippen LogP contribution in [-0.2, 0) is 24.9 Å². The number of aliphatic imine (C=N–C) groups is 1. The number of guanidine groups is 1. The van der Waals surface area contributed by atoms with E-state index >= 15 is 0 Å². The van der Waals surface area contributed by atoms with Crippen LogP contribution in [0.5, 0.6) is 0 Å². The van der Waals surface area contributed by atoms with Gasteiger partial charge in [0.05, 0.1) is 19.3 Å². The van der Waals surface area contributed by atoms with Crippen molar-refractivity contribution in [2.75, 3.05) is 39.8 Å². The van der Waals surface area contributed by atoms with Crippen LogP contribution in [0.2, 0.25) is 0 Å². The molecule has 2 heterocycles. The summed E-state index contributed by atoms with van der Waals surface area (Å²) in [6.45, 7) is 10.6. The topological polar surface area (TPSA) is 57.9 Å². The third-order valence-electron chi connectivity index (χ3n) is 5.52. The van der Waals surface area contributed by atoms with E-state index < -0.39 is 0 Å². The fourth-order valence-corrected chi connectivity index (χ4v) is 3.73. The highest BCUT2D eigenvalue weighted by molar-refractivity contribution is 5.80. The van der Waals surface area contributed by atoms with Gasteiger partial charge in [-0.3, -0.25) is 14.6 Å². The van der Waals surface area contributed by atoms with E-state index in [1.807, 2.05) is 31.2 Å². The molecule has 0 spiro atoms. The molecule has 0 bridgehead atoms. The largest absolute Gasteiger partial charge is 0.370 e. The standard InChI is InChI=1S/C22H34N6O/c1-5-27(6-2)16-19-10-8-7-9-18(19)13-24-22(23-3)28-11-12-29-21(17-28)20-14-25-26(4)15-20/h7-10,14-15,21H,5-6,11-13,16-17H2,1-4H3,(H,23,24). The van der Waals surface area contributed by atoms with Crippen LogP contribution in [0.15, 0.2) is 41.7 Å². The Morgan fingerprint density at radius 3 is 2.69 bits per heavy atom. The van der Waals surface area contributed by atoms with Gasteiger partial charge in [-0.15, -0.1) is 0 Å². The van der Waals surface area contributed by atoms with Gasteiger partial charge in [-0.25, -0.2) is 0 Å². The highest BCUT2D eigenvalue weighted by Gasteiger charge is 2.25. The molecule has 1 fully saturated rings. The van der Waals surface area contributed by atoms with E-state index in [1.54, 1.807) is 0 Å². The number of rotatable bonds is 7. The molecule has 1 aliphatic rings. The first-order chi connectivity index (χ1) is 14.1. The van der Waals surface area contributed by atoms with Crippen molar-refractivity contribution in [3.63, 3.8) is 0 Å². The summed E-state index contributed by atoms with van der Waals surface area (Å²) in [5, 5.41) is 7.84. The Kier molecular flexibility index (Phi) is 7.66. The van der Waals surface area contributed by atoms with Gasteiger partial charge < -0.3 is 15.0 Å². The summed E-state index contributed by atoms with van der Waals surface area (Å²) in [6.07, 6.45) is 3.92. The van der Waals surface area contributed by atoms with Crippen molar-refractivity contribution in [1.29, 1.82) is 0 Å². The molecule has 0 radical (unpaired) electrons. The Balaban J connectivity index is 1.63. The number of ether oxygens (including phenoxy) is 1. The van der Waals surface area contributed by atoms with Crippen molar-refractivity contribution in [3.05, 3.63) is 53.3 Å². The number of hydrogen-bond acceptors (Lipinski definition) is 4. The van der Waals surface area contributed by atoms with E-state index in [0.29, 0.717) is 6.61 Å². The highest BCUT2D eigenvalue weighted by atomic mass is 16.5. The molecule has 0 saturated carbocycles. The second-order valence-corrected chi connectivity index (χ2v) is 7.38. The SMILES string of the molecule is CCN(CC)Cc1ccccc1CNC(=NC)N1CCOC(c2cnn(C)c2)C1. The Morgan fingerprint density at radius 1 is 1.28 bits per heavy atom. The molecule has 7 heteroatoms. The molecule has 1 aromatic heterocycles. The second kappa shape index (κ2) is 10.4. The number of benzene rings is 1. The van der Waals surface area contributed by atoms with Crippen LogP contribution in [0.3, 0.4) is 0 Å². The first-order valence-electron chi connectivity index (χ1n) is 10.5. The van der Waals surface area contributed by atoms with Gasteiger partial charge in [-0.1, -0.05) is 38.1 Å². The maximum Gasteiger partial charge on any atom is 0.194 e. The number of aromatic nitrogens is 2. The smallest absolute Gasteiger partial charge is 0.194 e. The number of hydrogen-bond donors (Lipinski definition) is 1. The molecule has 1 saturated heterocycles. The quantitative estimate of drug-likeness (QED) is 0.573. The molecule has 0 amide bonds. The lowest BCUT2D eigenvalue weighted by atomic mass is 10.1. The summed E-state index contributed by atoms with van der Waals surface area (Å²) in [5.41, 5.74) is 3.80. The van der Waals surface area contributed by atoms with E-state index in [0.717, 1.165) is 50.8 Å². The minimum absolute atomic E-state index is 0.0194. The Labute approximate surface area is 174 Å². The van der Waals surface area contributed by atoms with Gasteiger partial charge in [0, 0.05) is 45.5 Å². The molecule has 1 unspecified atom stereocenters. The van der Waals surface area contributed by atoms with Gasteiger partial charge >= 0.3 is 0 Å². The van der Waals surface area contributed by atoms with Crippen LogP contribution >= 0.6 is 0 Å². The minimum Gasteiger partial charge on any atom is -0.370 e. The zero-order chi connectivity index (χ0) is 20.6. The predicted molar refractivity (Wildman–Crippen MR) is 117 cm³/mol. The Morgan fingerprint density at radius 2 is 2.03 bits per heavy atom. The summed E-state index contributed by atoms with van der Waals surface area (Å²) in [5.74, 6) is 0.917. The number of nitrogens with zero attached hydrogens (tertiary/aromatic N) is 5. The van der Waals surface area contributed by atoms with Crippen molar-refractivity contribution >= 4 is 5.96 Å². The monoisotopic (exact) mass is 398 g/mol. The Bertz CT molecular complexity index is 798. The minimum atomic E-state index is 0.0194. The van der Waals surface area contributed by atoms with Crippen molar-refractivity contribution in [1.82, 2.24) is 24.9 Å². The van der Waals surface area contributed by atoms with Gasteiger partial charge in [-0.05, 0) is 24.2 Å². The molecular formula is C22H34N6O. The first-order valence-corrected chi connectivity index (χ1v) is 10.5. The van der Waals surface area contributed by atoms with E-state index in [1.165, 1.54) is 11.1 Å². The zero-order valence-electron chi connectivity index (χ0n) is 18.1. The molecule has 29 heavy (non-hydrogen) atoms. The van der Waals surface area contributed by atoms with Crippen molar-refractivity contribution in [3.8, 4) is 0 Å². The number of nitrogens with one attached hydrogen (secondary N) is 1. The highest BCUT2D eigenvalue weighted by Crippen LogP contribution is 2.21.